The van der Waals surface area contributed by atoms with E-state index in [1.165, 1.54) is 0 Å². The number of hydrogen-bond donors (Lipinski definition) is 0. The van der Waals surface area contributed by atoms with E-state index >= 15 is 0 Å². The van der Waals surface area contributed by atoms with Gasteiger partial charge in [0.2, 0.25) is 5.91 Å². The van der Waals surface area contributed by atoms with Gasteiger partial charge in [0.25, 0.3) is 0 Å². The van der Waals surface area contributed by atoms with Crippen LogP contribution in [0, 0.1) is 5.92 Å². The predicted molar refractivity (Wildman–Crippen MR) is 53.3 cm³/mol. The van der Waals surface area contributed by atoms with Crippen molar-refractivity contribution in [2.24, 2.45) is 5.92 Å². The molecule has 5 heteroatoms. The van der Waals surface area contributed by atoms with Gasteiger partial charge in [-0.3, -0.25) is 4.79 Å². The lowest BCUT2D eigenvalue weighted by Gasteiger charge is -2.19. The van der Waals surface area contributed by atoms with Crippen LogP contribution in [0.15, 0.2) is 0 Å². The Bertz CT molecular complexity index is 254. The van der Waals surface area contributed by atoms with E-state index in [0.29, 0.717) is 19.6 Å². The number of ether oxygens (including phenoxy) is 2. The number of cyclic esters (lactones) is 1. The quantitative estimate of drug-likeness (QED) is 0.702. The topological polar surface area (TPSA) is 55.8 Å². The third-order valence-corrected chi connectivity index (χ3v) is 2.73. The van der Waals surface area contributed by atoms with Gasteiger partial charge in [-0.05, 0) is 12.8 Å². The van der Waals surface area contributed by atoms with Crippen LogP contribution in [0.2, 0.25) is 0 Å². The van der Waals surface area contributed by atoms with Crippen LogP contribution in [-0.2, 0) is 14.3 Å². The molecule has 0 bridgehead atoms. The van der Waals surface area contributed by atoms with Crippen LogP contribution in [0.25, 0.3) is 0 Å². The molecule has 0 spiro atoms. The number of methoxy groups -OCH3 is 1. The molecule has 2 amide bonds. The molecule has 0 aromatic heterocycles. The minimum absolute atomic E-state index is 0.00701. The van der Waals surface area contributed by atoms with Crippen LogP contribution < -0.4 is 0 Å². The van der Waals surface area contributed by atoms with E-state index in [-0.39, 0.29) is 17.9 Å². The van der Waals surface area contributed by atoms with E-state index in [2.05, 4.69) is 4.74 Å². The largest absolute Gasteiger partial charge is 0.447 e. The highest BCUT2D eigenvalue weighted by molar-refractivity contribution is 5.93. The molecule has 0 aromatic carbocycles. The maximum absolute atomic E-state index is 11.7. The van der Waals surface area contributed by atoms with Crippen molar-refractivity contribution >= 4 is 12.0 Å². The fourth-order valence-electron chi connectivity index (χ4n) is 1.40. The molecule has 0 unspecified atom stereocenters. The second-order valence-corrected chi connectivity index (χ2v) is 3.78. The van der Waals surface area contributed by atoms with Gasteiger partial charge in [0.1, 0.15) is 6.61 Å². The summed E-state index contributed by atoms with van der Waals surface area (Å²) in [6.07, 6.45) is -0.214. The SMILES string of the molecule is CO[C@H](C)[C@H](C)CC(=O)N1CCOC1=O. The van der Waals surface area contributed by atoms with Crippen molar-refractivity contribution in [2.75, 3.05) is 20.3 Å². The van der Waals surface area contributed by atoms with Gasteiger partial charge in [0, 0.05) is 13.5 Å². The first-order valence-electron chi connectivity index (χ1n) is 5.06. The highest BCUT2D eigenvalue weighted by atomic mass is 16.6. The Morgan fingerprint density at radius 1 is 1.60 bits per heavy atom. The van der Waals surface area contributed by atoms with E-state index in [1.807, 2.05) is 13.8 Å². The van der Waals surface area contributed by atoms with E-state index in [0.717, 1.165) is 4.90 Å². The lowest BCUT2D eigenvalue weighted by molar-refractivity contribution is -0.129. The Kier molecular flexibility index (Phi) is 4.08. The number of nitrogens with zero attached hydrogens (tertiary/aromatic N) is 1. The molecule has 1 saturated heterocycles. The number of hydrogen-bond acceptors (Lipinski definition) is 4. The van der Waals surface area contributed by atoms with Crippen molar-refractivity contribution < 1.29 is 19.1 Å². The Morgan fingerprint density at radius 2 is 2.27 bits per heavy atom. The first-order chi connectivity index (χ1) is 7.06. The fraction of sp³-hybridized carbons (Fsp3) is 0.800. The summed E-state index contributed by atoms with van der Waals surface area (Å²) in [6, 6.07) is 0. The molecule has 0 N–H and O–H groups in total. The third-order valence-electron chi connectivity index (χ3n) is 2.73. The summed E-state index contributed by atoms with van der Waals surface area (Å²) in [5, 5.41) is 0. The zero-order chi connectivity index (χ0) is 11.4. The Balaban J connectivity index is 2.44. The van der Waals surface area contributed by atoms with E-state index in [9.17, 15) is 9.59 Å². The second kappa shape index (κ2) is 5.11. The van der Waals surface area contributed by atoms with Crippen molar-refractivity contribution in [3.05, 3.63) is 0 Å². The lowest BCUT2D eigenvalue weighted by Crippen LogP contribution is -2.34. The summed E-state index contributed by atoms with van der Waals surface area (Å²) in [4.78, 5) is 23.9. The number of rotatable bonds is 4. The maximum Gasteiger partial charge on any atom is 0.416 e. The van der Waals surface area contributed by atoms with Crippen molar-refractivity contribution in [1.29, 1.82) is 0 Å². The van der Waals surface area contributed by atoms with Crippen LogP contribution >= 0.6 is 0 Å². The number of amides is 2. The first kappa shape index (κ1) is 12.0. The maximum atomic E-state index is 11.7. The monoisotopic (exact) mass is 215 g/mol. The Morgan fingerprint density at radius 3 is 2.73 bits per heavy atom. The average Bonchev–Trinajstić information content (AvgIpc) is 2.63. The minimum Gasteiger partial charge on any atom is -0.447 e. The molecule has 2 atom stereocenters. The molecule has 1 aliphatic rings. The highest BCUT2D eigenvalue weighted by Gasteiger charge is 2.29. The number of imide groups is 1. The minimum atomic E-state index is -0.530. The Labute approximate surface area is 89.3 Å². The van der Waals surface area contributed by atoms with Gasteiger partial charge in [-0.15, -0.1) is 0 Å². The molecule has 0 aromatic rings. The summed E-state index contributed by atoms with van der Waals surface area (Å²) in [7, 11) is 1.61. The highest BCUT2D eigenvalue weighted by Crippen LogP contribution is 2.14. The van der Waals surface area contributed by atoms with Crippen LogP contribution in [0.1, 0.15) is 20.3 Å². The van der Waals surface area contributed by atoms with Gasteiger partial charge in [-0.25, -0.2) is 9.69 Å². The third kappa shape index (κ3) is 2.92. The van der Waals surface area contributed by atoms with Gasteiger partial charge >= 0.3 is 6.09 Å². The zero-order valence-electron chi connectivity index (χ0n) is 9.36. The summed E-state index contributed by atoms with van der Waals surface area (Å²) >= 11 is 0. The zero-order valence-corrected chi connectivity index (χ0v) is 9.36. The molecule has 0 aliphatic carbocycles. The molecule has 5 nitrogen and oxygen atoms in total. The molecule has 1 heterocycles. The smallest absolute Gasteiger partial charge is 0.416 e. The van der Waals surface area contributed by atoms with Gasteiger partial charge in [-0.2, -0.15) is 0 Å². The molecule has 1 fully saturated rings. The summed E-state index contributed by atoms with van der Waals surface area (Å²) in [6.45, 7) is 4.50. The molecule has 1 aliphatic heterocycles. The first-order valence-corrected chi connectivity index (χ1v) is 5.06. The summed E-state index contributed by atoms with van der Waals surface area (Å²) in [5.74, 6) is -0.0928. The average molecular weight is 215 g/mol. The predicted octanol–water partition coefficient (Wildman–Crippen LogP) is 1.03. The van der Waals surface area contributed by atoms with Gasteiger partial charge in [0.05, 0.1) is 12.6 Å². The van der Waals surface area contributed by atoms with E-state index in [1.54, 1.807) is 7.11 Å². The fourth-order valence-corrected chi connectivity index (χ4v) is 1.40. The molecule has 1 rings (SSSR count). The van der Waals surface area contributed by atoms with Gasteiger partial charge in [-0.1, -0.05) is 6.92 Å². The molecule has 86 valence electrons. The molecule has 15 heavy (non-hydrogen) atoms. The molecule has 0 radical (unpaired) electrons. The van der Waals surface area contributed by atoms with Crippen molar-refractivity contribution in [1.82, 2.24) is 4.90 Å². The lowest BCUT2D eigenvalue weighted by atomic mass is 10.0. The van der Waals surface area contributed by atoms with Crippen LogP contribution in [0.5, 0.6) is 0 Å². The van der Waals surface area contributed by atoms with Crippen molar-refractivity contribution in [2.45, 2.75) is 26.4 Å². The van der Waals surface area contributed by atoms with Crippen molar-refractivity contribution in [3.8, 4) is 0 Å². The van der Waals surface area contributed by atoms with Gasteiger partial charge in [0.15, 0.2) is 0 Å². The molecular formula is C10H17NO4. The second-order valence-electron chi connectivity index (χ2n) is 3.78. The normalized spacial score (nSPS) is 19.9. The number of carbonyl (C=O) groups is 2. The van der Waals surface area contributed by atoms with Crippen LogP contribution in [0.4, 0.5) is 4.79 Å². The standard InChI is InChI=1S/C10H17NO4/c1-7(8(2)14-3)6-9(12)11-4-5-15-10(11)13/h7-8H,4-6H2,1-3H3/t7-,8-/m1/s1. The van der Waals surface area contributed by atoms with Gasteiger partial charge < -0.3 is 9.47 Å². The van der Waals surface area contributed by atoms with Crippen LogP contribution in [-0.4, -0.2) is 43.3 Å². The summed E-state index contributed by atoms with van der Waals surface area (Å²) in [5.41, 5.74) is 0. The molecule has 0 saturated carbocycles. The van der Waals surface area contributed by atoms with E-state index < -0.39 is 6.09 Å². The van der Waals surface area contributed by atoms with Crippen LogP contribution in [0.3, 0.4) is 0 Å². The molecular weight excluding hydrogens is 198 g/mol. The van der Waals surface area contributed by atoms with Crippen molar-refractivity contribution in [3.63, 3.8) is 0 Å². The summed E-state index contributed by atoms with van der Waals surface area (Å²) < 4.78 is 9.81. The Hall–Kier alpha value is -1.10. The number of carbonyl (C=O) groups excluding carboxylic acids is 2. The van der Waals surface area contributed by atoms with E-state index in [4.69, 9.17) is 4.74 Å².